The molecule has 1 aliphatic carbocycles. The molecule has 1 aliphatic rings. The normalized spacial score (nSPS) is 19.7. The van der Waals surface area contributed by atoms with E-state index in [0.29, 0.717) is 6.54 Å². The van der Waals surface area contributed by atoms with Crippen molar-refractivity contribution >= 4 is 5.91 Å². The molecule has 1 fully saturated rings. The van der Waals surface area contributed by atoms with Gasteiger partial charge in [0.15, 0.2) is 0 Å². The predicted octanol–water partition coefficient (Wildman–Crippen LogP) is 1.03. The SMILES string of the molecule is NC(=O)CNCC1CCCCCC1. The standard InChI is InChI=1S/C10H20N2O/c11-10(13)8-12-7-9-5-3-1-2-4-6-9/h9,12H,1-8H2,(H2,11,13). The van der Waals surface area contributed by atoms with Crippen molar-refractivity contribution in [2.24, 2.45) is 11.7 Å². The quantitative estimate of drug-likeness (QED) is 0.641. The maximum absolute atomic E-state index is 10.5. The average Bonchev–Trinajstić information content (AvgIpc) is 2.32. The smallest absolute Gasteiger partial charge is 0.231 e. The van der Waals surface area contributed by atoms with E-state index >= 15 is 0 Å². The van der Waals surface area contributed by atoms with Crippen LogP contribution in [0.4, 0.5) is 0 Å². The van der Waals surface area contributed by atoms with Gasteiger partial charge >= 0.3 is 0 Å². The molecule has 0 heterocycles. The van der Waals surface area contributed by atoms with Crippen LogP contribution in [-0.4, -0.2) is 19.0 Å². The summed E-state index contributed by atoms with van der Waals surface area (Å²) in [4.78, 5) is 10.5. The summed E-state index contributed by atoms with van der Waals surface area (Å²) in [6, 6.07) is 0. The van der Waals surface area contributed by atoms with E-state index < -0.39 is 0 Å². The first-order valence-electron chi connectivity index (χ1n) is 5.28. The monoisotopic (exact) mass is 184 g/mol. The number of rotatable bonds is 4. The van der Waals surface area contributed by atoms with Crippen LogP contribution < -0.4 is 11.1 Å². The third kappa shape index (κ3) is 4.88. The molecule has 3 N–H and O–H groups in total. The Morgan fingerprint density at radius 1 is 1.23 bits per heavy atom. The molecule has 0 aromatic carbocycles. The summed E-state index contributed by atoms with van der Waals surface area (Å²) in [6.07, 6.45) is 8.09. The molecule has 0 radical (unpaired) electrons. The lowest BCUT2D eigenvalue weighted by Crippen LogP contribution is -2.32. The molecule has 76 valence electrons. The highest BCUT2D eigenvalue weighted by Crippen LogP contribution is 2.21. The Kier molecular flexibility index (Phi) is 4.83. The van der Waals surface area contributed by atoms with Crippen molar-refractivity contribution in [3.63, 3.8) is 0 Å². The molecule has 0 bridgehead atoms. The van der Waals surface area contributed by atoms with Gasteiger partial charge in [0.1, 0.15) is 0 Å². The zero-order chi connectivity index (χ0) is 9.52. The summed E-state index contributed by atoms with van der Waals surface area (Å²) in [5, 5.41) is 3.11. The molecule has 0 aromatic heterocycles. The third-order valence-corrected chi connectivity index (χ3v) is 2.71. The van der Waals surface area contributed by atoms with Crippen molar-refractivity contribution in [3.05, 3.63) is 0 Å². The van der Waals surface area contributed by atoms with Crippen LogP contribution in [0.1, 0.15) is 38.5 Å². The molecule has 1 saturated carbocycles. The molecule has 13 heavy (non-hydrogen) atoms. The molecule has 3 nitrogen and oxygen atoms in total. The number of hydrogen-bond donors (Lipinski definition) is 2. The Balaban J connectivity index is 2.08. The second kappa shape index (κ2) is 5.97. The first kappa shape index (κ1) is 10.5. The molecule has 0 aliphatic heterocycles. The molecule has 0 aromatic rings. The molecular formula is C10H20N2O. The maximum Gasteiger partial charge on any atom is 0.231 e. The van der Waals surface area contributed by atoms with Crippen LogP contribution >= 0.6 is 0 Å². The third-order valence-electron chi connectivity index (χ3n) is 2.71. The van der Waals surface area contributed by atoms with Gasteiger partial charge in [-0.1, -0.05) is 25.7 Å². The Labute approximate surface area is 80.1 Å². The van der Waals surface area contributed by atoms with E-state index in [4.69, 9.17) is 5.73 Å². The van der Waals surface area contributed by atoms with Gasteiger partial charge in [-0.05, 0) is 25.3 Å². The summed E-state index contributed by atoms with van der Waals surface area (Å²) >= 11 is 0. The lowest BCUT2D eigenvalue weighted by molar-refractivity contribution is -0.117. The van der Waals surface area contributed by atoms with Gasteiger partial charge in [0.25, 0.3) is 0 Å². The fourth-order valence-electron chi connectivity index (χ4n) is 1.97. The van der Waals surface area contributed by atoms with E-state index in [0.717, 1.165) is 12.5 Å². The lowest BCUT2D eigenvalue weighted by Gasteiger charge is -2.13. The lowest BCUT2D eigenvalue weighted by atomic mass is 10.0. The minimum atomic E-state index is -0.256. The molecule has 1 amide bonds. The van der Waals surface area contributed by atoms with E-state index in [-0.39, 0.29) is 5.91 Å². The van der Waals surface area contributed by atoms with Crippen molar-refractivity contribution in [2.75, 3.05) is 13.1 Å². The second-order valence-electron chi connectivity index (χ2n) is 3.95. The van der Waals surface area contributed by atoms with E-state index in [1.54, 1.807) is 0 Å². The average molecular weight is 184 g/mol. The zero-order valence-electron chi connectivity index (χ0n) is 8.22. The van der Waals surface area contributed by atoms with Crippen LogP contribution in [0.5, 0.6) is 0 Å². The minimum Gasteiger partial charge on any atom is -0.369 e. The van der Waals surface area contributed by atoms with Crippen molar-refractivity contribution in [1.29, 1.82) is 0 Å². The van der Waals surface area contributed by atoms with Crippen LogP contribution in [0.25, 0.3) is 0 Å². The van der Waals surface area contributed by atoms with Gasteiger partial charge in [-0.25, -0.2) is 0 Å². The van der Waals surface area contributed by atoms with Crippen LogP contribution in [0.15, 0.2) is 0 Å². The van der Waals surface area contributed by atoms with E-state index in [1.807, 2.05) is 0 Å². The Morgan fingerprint density at radius 2 is 1.85 bits per heavy atom. The van der Waals surface area contributed by atoms with Crippen molar-refractivity contribution in [1.82, 2.24) is 5.32 Å². The molecule has 0 atom stereocenters. The fraction of sp³-hybridized carbons (Fsp3) is 0.900. The molecule has 0 unspecified atom stereocenters. The minimum absolute atomic E-state index is 0.256. The highest BCUT2D eigenvalue weighted by Gasteiger charge is 2.11. The Morgan fingerprint density at radius 3 is 2.38 bits per heavy atom. The molecule has 0 spiro atoms. The first-order valence-corrected chi connectivity index (χ1v) is 5.28. The van der Waals surface area contributed by atoms with Crippen LogP contribution in [-0.2, 0) is 4.79 Å². The molecule has 1 rings (SSSR count). The van der Waals surface area contributed by atoms with Gasteiger partial charge < -0.3 is 11.1 Å². The topological polar surface area (TPSA) is 55.1 Å². The van der Waals surface area contributed by atoms with Gasteiger partial charge in [0.05, 0.1) is 6.54 Å². The number of carbonyl (C=O) groups is 1. The molecular weight excluding hydrogens is 164 g/mol. The number of hydrogen-bond acceptors (Lipinski definition) is 2. The van der Waals surface area contributed by atoms with Gasteiger partial charge in [-0.15, -0.1) is 0 Å². The predicted molar refractivity (Wildman–Crippen MR) is 53.3 cm³/mol. The van der Waals surface area contributed by atoms with Crippen LogP contribution in [0.2, 0.25) is 0 Å². The summed E-state index contributed by atoms with van der Waals surface area (Å²) in [5.74, 6) is 0.510. The van der Waals surface area contributed by atoms with Crippen LogP contribution in [0, 0.1) is 5.92 Å². The number of primary amides is 1. The number of amides is 1. The van der Waals surface area contributed by atoms with Crippen LogP contribution in [0.3, 0.4) is 0 Å². The summed E-state index contributed by atoms with van der Waals surface area (Å²) in [7, 11) is 0. The van der Waals surface area contributed by atoms with Crippen molar-refractivity contribution in [3.8, 4) is 0 Å². The van der Waals surface area contributed by atoms with E-state index in [2.05, 4.69) is 5.32 Å². The highest BCUT2D eigenvalue weighted by molar-refractivity contribution is 5.75. The number of carbonyl (C=O) groups excluding carboxylic acids is 1. The first-order chi connectivity index (χ1) is 6.29. The van der Waals surface area contributed by atoms with Gasteiger partial charge in [0.2, 0.25) is 5.91 Å². The van der Waals surface area contributed by atoms with Gasteiger partial charge in [0, 0.05) is 0 Å². The van der Waals surface area contributed by atoms with Gasteiger partial charge in [-0.3, -0.25) is 4.79 Å². The van der Waals surface area contributed by atoms with Crippen molar-refractivity contribution in [2.45, 2.75) is 38.5 Å². The fourth-order valence-corrected chi connectivity index (χ4v) is 1.97. The number of nitrogens with two attached hydrogens (primary N) is 1. The summed E-state index contributed by atoms with van der Waals surface area (Å²) < 4.78 is 0. The number of nitrogens with one attached hydrogen (secondary N) is 1. The second-order valence-corrected chi connectivity index (χ2v) is 3.95. The van der Waals surface area contributed by atoms with E-state index in [9.17, 15) is 4.79 Å². The summed E-state index contributed by atoms with van der Waals surface area (Å²) in [5.41, 5.74) is 5.04. The Hall–Kier alpha value is -0.570. The largest absolute Gasteiger partial charge is 0.369 e. The van der Waals surface area contributed by atoms with E-state index in [1.165, 1.54) is 38.5 Å². The van der Waals surface area contributed by atoms with Gasteiger partial charge in [-0.2, -0.15) is 0 Å². The molecule has 3 heteroatoms. The Bertz CT molecular complexity index is 151. The maximum atomic E-state index is 10.5. The summed E-state index contributed by atoms with van der Waals surface area (Å²) in [6.45, 7) is 1.29. The highest BCUT2D eigenvalue weighted by atomic mass is 16.1. The zero-order valence-corrected chi connectivity index (χ0v) is 8.22. The van der Waals surface area contributed by atoms with Crippen molar-refractivity contribution < 1.29 is 4.79 Å². The molecule has 0 saturated heterocycles.